The van der Waals surface area contributed by atoms with Crippen molar-refractivity contribution in [3.63, 3.8) is 0 Å². The smallest absolute Gasteiger partial charge is 0.216 e. The zero-order valence-electron chi connectivity index (χ0n) is 12.0. The number of aromatic amines is 1. The molecule has 0 radical (unpaired) electrons. The van der Waals surface area contributed by atoms with Gasteiger partial charge in [-0.1, -0.05) is 15.9 Å². The first-order valence-corrected chi connectivity index (χ1v) is 8.06. The number of nitrogens with zero attached hydrogens (tertiary/aromatic N) is 3. The number of hydrogen-bond acceptors (Lipinski definition) is 5. The van der Waals surface area contributed by atoms with E-state index in [4.69, 9.17) is 21.7 Å². The molecule has 0 aliphatic carbocycles. The molecule has 1 aliphatic rings. The molecule has 1 fully saturated rings. The van der Waals surface area contributed by atoms with Gasteiger partial charge in [-0.25, -0.2) is 0 Å². The fraction of sp³-hybridized carbons (Fsp3) is 0.357. The molecule has 1 aliphatic heterocycles. The quantitative estimate of drug-likeness (QED) is 0.649. The molecular formula is C14H15BrN4O2S. The summed E-state index contributed by atoms with van der Waals surface area (Å²) in [7, 11) is 1.63. The van der Waals surface area contributed by atoms with Crippen molar-refractivity contribution in [3.05, 3.63) is 38.8 Å². The van der Waals surface area contributed by atoms with Crippen LogP contribution in [0.3, 0.4) is 0 Å². The van der Waals surface area contributed by atoms with E-state index in [1.807, 2.05) is 18.2 Å². The molecule has 2 aromatic rings. The third-order valence-electron chi connectivity index (χ3n) is 3.40. The Balaban J connectivity index is 1.94. The first-order chi connectivity index (χ1) is 10.7. The van der Waals surface area contributed by atoms with Crippen molar-refractivity contribution in [2.45, 2.75) is 18.9 Å². The van der Waals surface area contributed by atoms with E-state index in [2.05, 4.69) is 31.2 Å². The molecule has 0 amide bonds. The van der Waals surface area contributed by atoms with Crippen molar-refractivity contribution in [2.75, 3.05) is 13.7 Å². The Kier molecular flexibility index (Phi) is 4.70. The van der Waals surface area contributed by atoms with Crippen LogP contribution in [0, 0.1) is 4.77 Å². The molecule has 1 aromatic heterocycles. The summed E-state index contributed by atoms with van der Waals surface area (Å²) in [5, 5.41) is 11.5. The lowest BCUT2D eigenvalue weighted by atomic mass is 10.2. The summed E-state index contributed by atoms with van der Waals surface area (Å²) < 4.78 is 14.0. The van der Waals surface area contributed by atoms with Crippen molar-refractivity contribution >= 4 is 34.4 Å². The monoisotopic (exact) mass is 382 g/mol. The Hall–Kier alpha value is -1.51. The largest absolute Gasteiger partial charge is 0.496 e. The van der Waals surface area contributed by atoms with Gasteiger partial charge in [-0.3, -0.25) is 5.10 Å². The summed E-state index contributed by atoms with van der Waals surface area (Å²) >= 11 is 8.69. The van der Waals surface area contributed by atoms with E-state index in [1.54, 1.807) is 18.0 Å². The molecule has 2 heterocycles. The third-order valence-corrected chi connectivity index (χ3v) is 4.15. The second-order valence-electron chi connectivity index (χ2n) is 4.83. The number of nitrogens with one attached hydrogen (secondary N) is 1. The Morgan fingerprint density at radius 1 is 1.59 bits per heavy atom. The molecule has 22 heavy (non-hydrogen) atoms. The Morgan fingerprint density at radius 3 is 3.18 bits per heavy atom. The molecule has 1 atom stereocenters. The highest BCUT2D eigenvalue weighted by molar-refractivity contribution is 9.10. The number of H-pyrrole nitrogens is 1. The molecule has 1 aromatic carbocycles. The topological polar surface area (TPSA) is 64.4 Å². The van der Waals surface area contributed by atoms with Crippen LogP contribution in [0.15, 0.2) is 27.8 Å². The standard InChI is InChI=1S/C14H15BrN4O2S/c1-20-11-5-4-10(15)7-9(11)8-16-19-13(17-18-14(19)22)12-3-2-6-21-12/h4-5,7-8,12H,2-3,6H2,1H3,(H,18,22)/b16-8-/t12-/m1/s1. The minimum absolute atomic E-state index is 0.0606. The van der Waals surface area contributed by atoms with E-state index in [9.17, 15) is 0 Å². The van der Waals surface area contributed by atoms with Gasteiger partial charge in [0.1, 0.15) is 11.9 Å². The van der Waals surface area contributed by atoms with Crippen LogP contribution >= 0.6 is 28.1 Å². The minimum atomic E-state index is -0.0606. The van der Waals surface area contributed by atoms with Crippen molar-refractivity contribution in [3.8, 4) is 5.75 Å². The van der Waals surface area contributed by atoms with E-state index >= 15 is 0 Å². The fourth-order valence-corrected chi connectivity index (χ4v) is 2.90. The van der Waals surface area contributed by atoms with E-state index in [-0.39, 0.29) is 6.10 Å². The van der Waals surface area contributed by atoms with Crippen LogP contribution in [0.1, 0.15) is 30.3 Å². The lowest BCUT2D eigenvalue weighted by Gasteiger charge is -2.08. The second-order valence-corrected chi connectivity index (χ2v) is 6.13. The van der Waals surface area contributed by atoms with Gasteiger partial charge in [0.15, 0.2) is 5.82 Å². The third kappa shape index (κ3) is 3.13. The Bertz CT molecular complexity index is 750. The fourth-order valence-electron chi connectivity index (χ4n) is 2.33. The zero-order valence-corrected chi connectivity index (χ0v) is 14.4. The van der Waals surface area contributed by atoms with Gasteiger partial charge in [0.2, 0.25) is 4.77 Å². The molecule has 116 valence electrons. The second kappa shape index (κ2) is 6.72. The molecule has 0 unspecified atom stereocenters. The van der Waals surface area contributed by atoms with E-state index in [1.165, 1.54) is 0 Å². The maximum absolute atomic E-state index is 5.65. The van der Waals surface area contributed by atoms with E-state index in [0.717, 1.165) is 35.2 Å². The summed E-state index contributed by atoms with van der Waals surface area (Å²) in [5.74, 6) is 1.44. The van der Waals surface area contributed by atoms with E-state index in [0.29, 0.717) is 10.6 Å². The summed E-state index contributed by atoms with van der Waals surface area (Å²) in [4.78, 5) is 0. The van der Waals surface area contributed by atoms with Gasteiger partial charge in [0, 0.05) is 16.6 Å². The number of rotatable bonds is 4. The highest BCUT2D eigenvalue weighted by atomic mass is 79.9. The number of methoxy groups -OCH3 is 1. The molecule has 0 saturated carbocycles. The molecule has 1 saturated heterocycles. The van der Waals surface area contributed by atoms with Crippen LogP contribution in [0.25, 0.3) is 0 Å². The predicted octanol–water partition coefficient (Wildman–Crippen LogP) is 3.45. The molecule has 0 spiro atoms. The van der Waals surface area contributed by atoms with Crippen molar-refractivity contribution in [1.29, 1.82) is 0 Å². The number of hydrogen-bond donors (Lipinski definition) is 1. The highest BCUT2D eigenvalue weighted by Crippen LogP contribution is 2.27. The molecule has 3 rings (SSSR count). The average Bonchev–Trinajstić information content (AvgIpc) is 3.15. The summed E-state index contributed by atoms with van der Waals surface area (Å²) in [6.07, 6.45) is 3.59. The Morgan fingerprint density at radius 2 is 2.45 bits per heavy atom. The average molecular weight is 383 g/mol. The SMILES string of the molecule is COc1ccc(Br)cc1/C=N\n1c([C@H]2CCCO2)n[nH]c1=S. The maximum atomic E-state index is 5.65. The maximum Gasteiger partial charge on any atom is 0.216 e. The van der Waals surface area contributed by atoms with Crippen LogP contribution in [0.5, 0.6) is 5.75 Å². The molecule has 6 nitrogen and oxygen atoms in total. The van der Waals surface area contributed by atoms with Gasteiger partial charge >= 0.3 is 0 Å². The van der Waals surface area contributed by atoms with Gasteiger partial charge in [0.25, 0.3) is 0 Å². The number of aromatic nitrogens is 3. The van der Waals surface area contributed by atoms with Crippen LogP contribution in [0.2, 0.25) is 0 Å². The minimum Gasteiger partial charge on any atom is -0.496 e. The van der Waals surface area contributed by atoms with Gasteiger partial charge in [-0.05, 0) is 43.3 Å². The summed E-state index contributed by atoms with van der Waals surface area (Å²) in [5.41, 5.74) is 0.846. The summed E-state index contributed by atoms with van der Waals surface area (Å²) in [6, 6.07) is 5.72. The van der Waals surface area contributed by atoms with Crippen molar-refractivity contribution < 1.29 is 9.47 Å². The van der Waals surface area contributed by atoms with Gasteiger partial charge in [-0.15, -0.1) is 0 Å². The summed E-state index contributed by atoms with van der Waals surface area (Å²) in [6.45, 7) is 0.744. The van der Waals surface area contributed by atoms with Crippen molar-refractivity contribution in [2.24, 2.45) is 5.10 Å². The molecular weight excluding hydrogens is 368 g/mol. The molecule has 0 bridgehead atoms. The lowest BCUT2D eigenvalue weighted by molar-refractivity contribution is 0.102. The number of halogens is 1. The van der Waals surface area contributed by atoms with Crippen LogP contribution in [-0.4, -0.2) is 34.8 Å². The number of ether oxygens (including phenoxy) is 2. The highest BCUT2D eigenvalue weighted by Gasteiger charge is 2.23. The number of benzene rings is 1. The predicted molar refractivity (Wildman–Crippen MR) is 89.0 cm³/mol. The zero-order chi connectivity index (χ0) is 15.5. The first kappa shape index (κ1) is 15.4. The van der Waals surface area contributed by atoms with Crippen LogP contribution in [0.4, 0.5) is 0 Å². The van der Waals surface area contributed by atoms with Crippen molar-refractivity contribution in [1.82, 2.24) is 14.9 Å². The van der Waals surface area contributed by atoms with Gasteiger partial charge in [-0.2, -0.15) is 14.9 Å². The van der Waals surface area contributed by atoms with E-state index < -0.39 is 0 Å². The van der Waals surface area contributed by atoms with Gasteiger partial charge in [0.05, 0.1) is 13.3 Å². The Labute approximate surface area is 141 Å². The normalized spacial score (nSPS) is 18.2. The first-order valence-electron chi connectivity index (χ1n) is 6.86. The van der Waals surface area contributed by atoms with Crippen LogP contribution < -0.4 is 4.74 Å². The molecule has 1 N–H and O–H groups in total. The molecule has 8 heteroatoms. The van der Waals surface area contributed by atoms with Crippen LogP contribution in [-0.2, 0) is 4.74 Å². The van der Waals surface area contributed by atoms with Gasteiger partial charge < -0.3 is 9.47 Å². The lowest BCUT2D eigenvalue weighted by Crippen LogP contribution is -2.05.